The van der Waals surface area contributed by atoms with Crippen LogP contribution in [0.15, 0.2) is 12.1 Å². The Balaban J connectivity index is 0. The Morgan fingerprint density at radius 1 is 1.25 bits per heavy atom. The van der Waals surface area contributed by atoms with Gasteiger partial charge in [0.15, 0.2) is 0 Å². The van der Waals surface area contributed by atoms with Crippen LogP contribution in [0.1, 0.15) is 52.7 Å². The van der Waals surface area contributed by atoms with E-state index in [9.17, 15) is 4.39 Å². The number of alkyl halides is 1. The molecule has 24 heavy (non-hydrogen) atoms. The van der Waals surface area contributed by atoms with Gasteiger partial charge in [0.2, 0.25) is 0 Å². The highest BCUT2D eigenvalue weighted by Gasteiger charge is 2.02. The van der Waals surface area contributed by atoms with Crippen LogP contribution in [0.2, 0.25) is 0 Å². The molecule has 0 radical (unpaired) electrons. The van der Waals surface area contributed by atoms with Crippen molar-refractivity contribution in [2.24, 2.45) is 0 Å². The molecular formula is C19H38FN3O. The molecular weight excluding hydrogens is 305 g/mol. The lowest BCUT2D eigenvalue weighted by atomic mass is 10.1. The number of nitrogens with zero attached hydrogens (tertiary/aromatic N) is 1. The number of unbranched alkanes of at least 4 members (excludes halogenated alkanes) is 1. The van der Waals surface area contributed by atoms with Crippen molar-refractivity contribution in [3.05, 3.63) is 23.4 Å². The van der Waals surface area contributed by atoms with E-state index in [4.69, 9.17) is 4.74 Å². The number of pyridine rings is 1. The highest BCUT2D eigenvalue weighted by Crippen LogP contribution is 2.12. The molecule has 1 aromatic rings. The summed E-state index contributed by atoms with van der Waals surface area (Å²) in [6.07, 6.45) is 2.90. The molecule has 0 aromatic carbocycles. The van der Waals surface area contributed by atoms with Gasteiger partial charge in [-0.2, -0.15) is 0 Å². The molecule has 0 amide bonds. The Bertz CT molecular complexity index is 422. The summed E-state index contributed by atoms with van der Waals surface area (Å²) >= 11 is 0. The number of halogens is 1. The SMILES string of the molecule is CC.CCC(F)COCCNCCCCc1ccc(C)c(NC)n1.[HH]. The zero-order valence-electron chi connectivity index (χ0n) is 16.1. The van der Waals surface area contributed by atoms with Crippen molar-refractivity contribution in [2.75, 3.05) is 38.7 Å². The number of aryl methyl sites for hydroxylation is 2. The Hall–Kier alpha value is -1.20. The van der Waals surface area contributed by atoms with Crippen LogP contribution in [0.5, 0.6) is 0 Å². The second-order valence-electron chi connectivity index (χ2n) is 5.51. The normalized spacial score (nSPS) is 11.6. The molecule has 0 saturated carbocycles. The number of hydrogen-bond acceptors (Lipinski definition) is 4. The summed E-state index contributed by atoms with van der Waals surface area (Å²) in [5.74, 6) is 0.964. The molecule has 0 aliphatic carbocycles. The maximum Gasteiger partial charge on any atom is 0.128 e. The lowest BCUT2D eigenvalue weighted by Crippen LogP contribution is -2.22. The number of aromatic nitrogens is 1. The second kappa shape index (κ2) is 15.3. The summed E-state index contributed by atoms with van der Waals surface area (Å²) in [4.78, 5) is 4.59. The monoisotopic (exact) mass is 343 g/mol. The largest absolute Gasteiger partial charge is 0.377 e. The van der Waals surface area contributed by atoms with E-state index in [1.54, 1.807) is 0 Å². The maximum absolute atomic E-state index is 12.9. The molecule has 4 nitrogen and oxygen atoms in total. The quantitative estimate of drug-likeness (QED) is 0.553. The lowest BCUT2D eigenvalue weighted by Gasteiger charge is -2.09. The first-order valence-electron chi connectivity index (χ1n) is 9.24. The van der Waals surface area contributed by atoms with Crippen LogP contribution < -0.4 is 10.6 Å². The smallest absolute Gasteiger partial charge is 0.128 e. The minimum absolute atomic E-state index is 0. The van der Waals surface area contributed by atoms with E-state index >= 15 is 0 Å². The molecule has 1 atom stereocenters. The molecule has 0 aliphatic rings. The van der Waals surface area contributed by atoms with E-state index in [1.165, 1.54) is 5.56 Å². The van der Waals surface area contributed by atoms with E-state index in [-0.39, 0.29) is 8.03 Å². The standard InChI is InChI=1S/C17H30FN3O.C2H6.H2/c1-4-15(18)13-22-12-11-20-10-6-5-7-16-9-8-14(2)17(19-3)21-16;1-2;/h8-9,15,20H,4-7,10-13H2,1-3H3,(H,19,21);1-2H3;1H. The van der Waals surface area contributed by atoms with Gasteiger partial charge in [0.1, 0.15) is 12.0 Å². The first kappa shape index (κ1) is 22.8. The topological polar surface area (TPSA) is 46.2 Å². The zero-order chi connectivity index (χ0) is 18.2. The zero-order valence-corrected chi connectivity index (χ0v) is 16.1. The van der Waals surface area contributed by atoms with Gasteiger partial charge in [-0.05, 0) is 50.8 Å². The lowest BCUT2D eigenvalue weighted by molar-refractivity contribution is 0.0808. The van der Waals surface area contributed by atoms with Crippen molar-refractivity contribution in [1.82, 2.24) is 10.3 Å². The second-order valence-corrected chi connectivity index (χ2v) is 5.51. The molecule has 5 heteroatoms. The Morgan fingerprint density at radius 3 is 2.67 bits per heavy atom. The third kappa shape index (κ3) is 10.6. The van der Waals surface area contributed by atoms with Gasteiger partial charge in [-0.25, -0.2) is 9.37 Å². The summed E-state index contributed by atoms with van der Waals surface area (Å²) < 4.78 is 18.1. The highest BCUT2D eigenvalue weighted by atomic mass is 19.1. The van der Waals surface area contributed by atoms with Gasteiger partial charge in [0.05, 0.1) is 13.2 Å². The van der Waals surface area contributed by atoms with E-state index in [1.807, 2.05) is 27.8 Å². The molecule has 0 bridgehead atoms. The van der Waals surface area contributed by atoms with Crippen LogP contribution in [0, 0.1) is 6.92 Å². The minimum Gasteiger partial charge on any atom is -0.377 e. The summed E-state index contributed by atoms with van der Waals surface area (Å²) in [6.45, 7) is 10.4. The van der Waals surface area contributed by atoms with E-state index in [2.05, 4.69) is 34.7 Å². The number of ether oxygens (including phenoxy) is 1. The van der Waals surface area contributed by atoms with Crippen molar-refractivity contribution < 1.29 is 10.6 Å². The number of rotatable bonds is 12. The maximum atomic E-state index is 12.9. The first-order valence-corrected chi connectivity index (χ1v) is 9.24. The van der Waals surface area contributed by atoms with Crippen LogP contribution >= 0.6 is 0 Å². The van der Waals surface area contributed by atoms with Gasteiger partial charge in [-0.3, -0.25) is 0 Å². The van der Waals surface area contributed by atoms with Gasteiger partial charge >= 0.3 is 0 Å². The molecule has 1 rings (SSSR count). The molecule has 1 aromatic heterocycles. The summed E-state index contributed by atoms with van der Waals surface area (Å²) in [7, 11) is 1.90. The van der Waals surface area contributed by atoms with Crippen molar-refractivity contribution in [3.8, 4) is 0 Å². The van der Waals surface area contributed by atoms with Crippen molar-refractivity contribution in [1.29, 1.82) is 0 Å². The first-order chi connectivity index (χ1) is 11.7. The molecule has 0 fully saturated rings. The molecule has 0 spiro atoms. The summed E-state index contributed by atoms with van der Waals surface area (Å²) in [5.41, 5.74) is 2.30. The average Bonchev–Trinajstić information content (AvgIpc) is 2.62. The number of hydrogen-bond donors (Lipinski definition) is 2. The van der Waals surface area contributed by atoms with Crippen LogP contribution in [0.3, 0.4) is 0 Å². The predicted octanol–water partition coefficient (Wildman–Crippen LogP) is 4.38. The fourth-order valence-electron chi connectivity index (χ4n) is 2.12. The number of nitrogens with one attached hydrogen (secondary N) is 2. The van der Waals surface area contributed by atoms with Gasteiger partial charge < -0.3 is 15.4 Å². The molecule has 1 heterocycles. The Kier molecular flexibility index (Phi) is 14.6. The third-order valence-electron chi connectivity index (χ3n) is 3.59. The summed E-state index contributed by atoms with van der Waals surface area (Å²) in [5, 5.41) is 6.43. The van der Waals surface area contributed by atoms with Crippen LogP contribution in [-0.4, -0.2) is 44.5 Å². The fourth-order valence-corrected chi connectivity index (χ4v) is 2.12. The molecule has 2 N–H and O–H groups in total. The van der Waals surface area contributed by atoms with Crippen LogP contribution in [-0.2, 0) is 11.2 Å². The molecule has 0 saturated heterocycles. The predicted molar refractivity (Wildman–Crippen MR) is 104 cm³/mol. The van der Waals surface area contributed by atoms with E-state index in [0.717, 1.165) is 43.9 Å². The molecule has 1 unspecified atom stereocenters. The van der Waals surface area contributed by atoms with Gasteiger partial charge in [0.25, 0.3) is 0 Å². The average molecular weight is 344 g/mol. The van der Waals surface area contributed by atoms with E-state index < -0.39 is 6.17 Å². The van der Waals surface area contributed by atoms with Crippen LogP contribution in [0.4, 0.5) is 10.2 Å². The summed E-state index contributed by atoms with van der Waals surface area (Å²) in [6, 6.07) is 4.21. The van der Waals surface area contributed by atoms with Crippen molar-refractivity contribution >= 4 is 5.82 Å². The van der Waals surface area contributed by atoms with Gasteiger partial charge in [-0.1, -0.05) is 26.8 Å². The van der Waals surface area contributed by atoms with Crippen molar-refractivity contribution in [2.45, 2.75) is 59.5 Å². The Labute approximate surface area is 149 Å². The third-order valence-corrected chi connectivity index (χ3v) is 3.59. The molecule has 0 aliphatic heterocycles. The van der Waals surface area contributed by atoms with Crippen molar-refractivity contribution in [3.63, 3.8) is 0 Å². The van der Waals surface area contributed by atoms with Gasteiger partial charge in [0, 0.05) is 20.7 Å². The molecule has 142 valence electrons. The number of anilines is 1. The van der Waals surface area contributed by atoms with Crippen LogP contribution in [0.25, 0.3) is 0 Å². The fraction of sp³-hybridized carbons (Fsp3) is 0.737. The highest BCUT2D eigenvalue weighted by molar-refractivity contribution is 5.43. The Morgan fingerprint density at radius 2 is 2.00 bits per heavy atom. The van der Waals surface area contributed by atoms with Gasteiger partial charge in [-0.15, -0.1) is 0 Å². The van der Waals surface area contributed by atoms with E-state index in [0.29, 0.717) is 13.0 Å². The minimum atomic E-state index is -0.829.